The molecule has 144 valence electrons. The molecule has 0 saturated heterocycles. The van der Waals surface area contributed by atoms with Crippen LogP contribution in [0.1, 0.15) is 28.5 Å². The van der Waals surface area contributed by atoms with Crippen LogP contribution in [0.2, 0.25) is 0 Å². The molecule has 1 heterocycles. The standard InChI is InChI=1S/C21H22N4O2S/c1-3-27-20(26)17-9-11-18(12-10-17)22-21(28)23-19-13-15(2)25(24-19)14-16-7-5-4-6-8-16/h4-13H,3,14H2,1-2H3,(H2,22,23,24,28). The smallest absolute Gasteiger partial charge is 0.338 e. The SMILES string of the molecule is CCOC(=O)c1ccc(NC(=S)Nc2cc(C)n(Cc3ccccc3)n2)cc1. The summed E-state index contributed by atoms with van der Waals surface area (Å²) < 4.78 is 6.90. The Bertz CT molecular complexity index is 952. The molecule has 0 aliphatic carbocycles. The van der Waals surface area contributed by atoms with Crippen LogP contribution < -0.4 is 10.6 Å². The number of thiocarbonyl (C=S) groups is 1. The molecule has 0 saturated carbocycles. The van der Waals surface area contributed by atoms with Crippen molar-refractivity contribution in [3.8, 4) is 0 Å². The first-order valence-electron chi connectivity index (χ1n) is 8.98. The summed E-state index contributed by atoms with van der Waals surface area (Å²) >= 11 is 5.36. The summed E-state index contributed by atoms with van der Waals surface area (Å²) in [4.78, 5) is 11.7. The van der Waals surface area contributed by atoms with Crippen LogP contribution in [0.5, 0.6) is 0 Å². The van der Waals surface area contributed by atoms with E-state index in [0.717, 1.165) is 11.4 Å². The Kier molecular flexibility index (Phi) is 6.39. The number of nitrogens with one attached hydrogen (secondary N) is 2. The molecule has 28 heavy (non-hydrogen) atoms. The van der Waals surface area contributed by atoms with E-state index in [1.807, 2.05) is 35.9 Å². The van der Waals surface area contributed by atoms with Crippen molar-refractivity contribution in [1.82, 2.24) is 9.78 Å². The summed E-state index contributed by atoms with van der Waals surface area (Å²) in [6, 6.07) is 19.1. The number of anilines is 2. The Balaban J connectivity index is 1.59. The van der Waals surface area contributed by atoms with Gasteiger partial charge < -0.3 is 15.4 Å². The highest BCUT2D eigenvalue weighted by molar-refractivity contribution is 7.80. The van der Waals surface area contributed by atoms with Crippen LogP contribution in [-0.4, -0.2) is 27.5 Å². The highest BCUT2D eigenvalue weighted by Gasteiger charge is 2.08. The fourth-order valence-corrected chi connectivity index (χ4v) is 2.89. The summed E-state index contributed by atoms with van der Waals surface area (Å²) in [5, 5.41) is 11.2. The quantitative estimate of drug-likeness (QED) is 0.482. The molecule has 0 radical (unpaired) electrons. The van der Waals surface area contributed by atoms with Crippen molar-refractivity contribution >= 4 is 34.8 Å². The number of carbonyl (C=O) groups is 1. The van der Waals surface area contributed by atoms with E-state index in [4.69, 9.17) is 17.0 Å². The molecule has 0 aliphatic rings. The largest absolute Gasteiger partial charge is 0.462 e. The highest BCUT2D eigenvalue weighted by Crippen LogP contribution is 2.14. The zero-order valence-corrected chi connectivity index (χ0v) is 16.6. The van der Waals surface area contributed by atoms with Crippen LogP contribution >= 0.6 is 12.2 Å². The van der Waals surface area contributed by atoms with Gasteiger partial charge in [-0.2, -0.15) is 5.10 Å². The maximum atomic E-state index is 11.7. The van der Waals surface area contributed by atoms with Crippen molar-refractivity contribution in [2.45, 2.75) is 20.4 Å². The van der Waals surface area contributed by atoms with E-state index < -0.39 is 0 Å². The van der Waals surface area contributed by atoms with Crippen molar-refractivity contribution in [3.05, 3.63) is 77.5 Å². The maximum Gasteiger partial charge on any atom is 0.338 e. The number of benzene rings is 2. The van der Waals surface area contributed by atoms with E-state index in [1.165, 1.54) is 5.56 Å². The van der Waals surface area contributed by atoms with Crippen LogP contribution in [0.25, 0.3) is 0 Å². The summed E-state index contributed by atoms with van der Waals surface area (Å²) in [7, 11) is 0. The average molecular weight is 395 g/mol. The molecule has 3 aromatic rings. The first kappa shape index (κ1) is 19.6. The van der Waals surface area contributed by atoms with Crippen LogP contribution in [0.3, 0.4) is 0 Å². The first-order chi connectivity index (χ1) is 13.5. The summed E-state index contributed by atoms with van der Waals surface area (Å²) in [6.07, 6.45) is 0. The molecule has 0 spiro atoms. The van der Waals surface area contributed by atoms with Crippen molar-refractivity contribution in [3.63, 3.8) is 0 Å². The van der Waals surface area contributed by atoms with E-state index in [0.29, 0.717) is 29.6 Å². The lowest BCUT2D eigenvalue weighted by Crippen LogP contribution is -2.19. The molecule has 2 N–H and O–H groups in total. The zero-order chi connectivity index (χ0) is 19.9. The molecule has 0 fully saturated rings. The number of hydrogen-bond acceptors (Lipinski definition) is 4. The van der Waals surface area contributed by atoms with Gasteiger partial charge >= 0.3 is 5.97 Å². The number of esters is 1. The number of hydrogen-bond donors (Lipinski definition) is 2. The van der Waals surface area contributed by atoms with Crippen LogP contribution in [0.15, 0.2) is 60.7 Å². The summed E-state index contributed by atoms with van der Waals surface area (Å²) in [5.74, 6) is 0.336. The number of carbonyl (C=O) groups excluding carboxylic acids is 1. The lowest BCUT2D eigenvalue weighted by atomic mass is 10.2. The first-order valence-corrected chi connectivity index (χ1v) is 9.39. The second-order valence-electron chi connectivity index (χ2n) is 6.19. The molecule has 0 amide bonds. The van der Waals surface area contributed by atoms with Crippen molar-refractivity contribution in [2.24, 2.45) is 0 Å². The molecule has 2 aromatic carbocycles. The molecule has 6 nitrogen and oxygen atoms in total. The number of nitrogens with zero attached hydrogens (tertiary/aromatic N) is 2. The Morgan fingerprint density at radius 2 is 1.82 bits per heavy atom. The van der Waals surface area contributed by atoms with Gasteiger partial charge in [0.1, 0.15) is 0 Å². The molecule has 0 unspecified atom stereocenters. The minimum Gasteiger partial charge on any atom is -0.462 e. The molecule has 1 aromatic heterocycles. The maximum absolute atomic E-state index is 11.7. The predicted molar refractivity (Wildman–Crippen MR) is 115 cm³/mol. The van der Waals surface area contributed by atoms with E-state index in [2.05, 4.69) is 27.9 Å². The van der Waals surface area contributed by atoms with Gasteiger partial charge in [0.2, 0.25) is 0 Å². The zero-order valence-electron chi connectivity index (χ0n) is 15.8. The molecular weight excluding hydrogens is 372 g/mol. The molecule has 0 atom stereocenters. The minimum absolute atomic E-state index is 0.339. The fraction of sp³-hybridized carbons (Fsp3) is 0.190. The minimum atomic E-state index is -0.339. The Morgan fingerprint density at radius 1 is 1.11 bits per heavy atom. The van der Waals surface area contributed by atoms with Gasteiger partial charge in [0.15, 0.2) is 10.9 Å². The molecule has 0 aliphatic heterocycles. The second-order valence-corrected chi connectivity index (χ2v) is 6.60. The predicted octanol–water partition coefficient (Wildman–Crippen LogP) is 4.23. The van der Waals surface area contributed by atoms with Crippen LogP contribution in [0, 0.1) is 6.92 Å². The van der Waals surface area contributed by atoms with Crippen LogP contribution in [0.4, 0.5) is 11.5 Å². The normalized spacial score (nSPS) is 10.4. The monoisotopic (exact) mass is 394 g/mol. The Morgan fingerprint density at radius 3 is 2.50 bits per heavy atom. The second kappa shape index (κ2) is 9.14. The number of aryl methyl sites for hydroxylation is 1. The van der Waals surface area contributed by atoms with Crippen molar-refractivity contribution in [1.29, 1.82) is 0 Å². The third kappa shape index (κ3) is 5.17. The number of rotatable bonds is 6. The lowest BCUT2D eigenvalue weighted by molar-refractivity contribution is 0.0526. The number of ether oxygens (including phenoxy) is 1. The lowest BCUT2D eigenvalue weighted by Gasteiger charge is -2.09. The van der Waals surface area contributed by atoms with Gasteiger partial charge in [-0.05, 0) is 55.9 Å². The molecule has 7 heteroatoms. The van der Waals surface area contributed by atoms with Crippen LogP contribution in [-0.2, 0) is 11.3 Å². The van der Waals surface area contributed by atoms with Gasteiger partial charge in [0.25, 0.3) is 0 Å². The van der Waals surface area contributed by atoms with Gasteiger partial charge in [0.05, 0.1) is 18.7 Å². The average Bonchev–Trinajstić information content (AvgIpc) is 3.02. The fourth-order valence-electron chi connectivity index (χ4n) is 2.67. The Hall–Kier alpha value is -3.19. The topological polar surface area (TPSA) is 68.2 Å². The molecule has 3 rings (SSSR count). The third-order valence-corrected chi connectivity index (χ3v) is 4.26. The van der Waals surface area contributed by atoms with Gasteiger partial charge in [-0.25, -0.2) is 4.79 Å². The summed E-state index contributed by atoms with van der Waals surface area (Å²) in [6.45, 7) is 4.83. The van der Waals surface area contributed by atoms with Gasteiger partial charge in [-0.1, -0.05) is 30.3 Å². The third-order valence-electron chi connectivity index (χ3n) is 4.05. The Labute approximate surface area is 169 Å². The summed E-state index contributed by atoms with van der Waals surface area (Å²) in [5.41, 5.74) is 3.49. The van der Waals surface area contributed by atoms with Gasteiger partial charge in [-0.15, -0.1) is 0 Å². The molecular formula is C21H22N4O2S. The molecule has 0 bridgehead atoms. The van der Waals surface area contributed by atoms with Crippen molar-refractivity contribution < 1.29 is 9.53 Å². The van der Waals surface area contributed by atoms with E-state index >= 15 is 0 Å². The van der Waals surface area contributed by atoms with E-state index in [9.17, 15) is 4.79 Å². The van der Waals surface area contributed by atoms with Crippen molar-refractivity contribution in [2.75, 3.05) is 17.2 Å². The van der Waals surface area contributed by atoms with E-state index in [-0.39, 0.29) is 5.97 Å². The highest BCUT2D eigenvalue weighted by atomic mass is 32.1. The van der Waals surface area contributed by atoms with Gasteiger partial charge in [0, 0.05) is 17.4 Å². The van der Waals surface area contributed by atoms with Gasteiger partial charge in [-0.3, -0.25) is 4.68 Å². The van der Waals surface area contributed by atoms with E-state index in [1.54, 1.807) is 31.2 Å². The number of aromatic nitrogens is 2.